The molecule has 0 radical (unpaired) electrons. The number of aromatic nitrogens is 4. The highest BCUT2D eigenvalue weighted by atomic mass is 32.2. The van der Waals surface area contributed by atoms with Crippen molar-refractivity contribution >= 4 is 20.9 Å². The van der Waals surface area contributed by atoms with Gasteiger partial charge < -0.3 is 9.30 Å². The summed E-state index contributed by atoms with van der Waals surface area (Å²) in [6, 6.07) is 5.82. The highest BCUT2D eigenvalue weighted by Gasteiger charge is 2.26. The van der Waals surface area contributed by atoms with Gasteiger partial charge in [0, 0.05) is 19.7 Å². The standard InChI is InChI=1S/C20H27N5O4S/c1-3-9-30(26,27)20-21-11-16(25(20)14-17-5-4-8-28-17)13-24(2)12-15-6-7-18-19(10-15)23-29-22-18/h6-7,10-11,17H,3-5,8-9,12-14H2,1-2H3/t17-/m0/s1. The molecule has 3 heterocycles. The van der Waals surface area contributed by atoms with E-state index in [-0.39, 0.29) is 17.0 Å². The van der Waals surface area contributed by atoms with Gasteiger partial charge in [-0.25, -0.2) is 18.0 Å². The Labute approximate surface area is 175 Å². The number of ether oxygens (including phenoxy) is 1. The first-order valence-electron chi connectivity index (χ1n) is 10.2. The summed E-state index contributed by atoms with van der Waals surface area (Å²) in [5.74, 6) is 0.0938. The zero-order chi connectivity index (χ0) is 21.1. The molecule has 1 atom stereocenters. The molecule has 10 heteroatoms. The van der Waals surface area contributed by atoms with Crippen molar-refractivity contribution < 1.29 is 17.8 Å². The van der Waals surface area contributed by atoms with Crippen molar-refractivity contribution in [3.63, 3.8) is 0 Å². The van der Waals surface area contributed by atoms with Crippen molar-refractivity contribution in [2.45, 2.75) is 57.1 Å². The van der Waals surface area contributed by atoms with E-state index in [9.17, 15) is 8.42 Å². The molecule has 0 amide bonds. The minimum atomic E-state index is -3.42. The molecule has 2 aromatic heterocycles. The van der Waals surface area contributed by atoms with Crippen molar-refractivity contribution in [1.29, 1.82) is 0 Å². The number of benzene rings is 1. The third kappa shape index (κ3) is 4.55. The fourth-order valence-corrected chi connectivity index (χ4v) is 5.34. The van der Waals surface area contributed by atoms with E-state index in [4.69, 9.17) is 9.37 Å². The van der Waals surface area contributed by atoms with Gasteiger partial charge in [-0.3, -0.25) is 4.90 Å². The maximum absolute atomic E-state index is 12.8. The van der Waals surface area contributed by atoms with Gasteiger partial charge >= 0.3 is 0 Å². The van der Waals surface area contributed by atoms with E-state index in [1.165, 1.54) is 0 Å². The van der Waals surface area contributed by atoms with E-state index in [1.54, 1.807) is 6.20 Å². The van der Waals surface area contributed by atoms with E-state index in [0.717, 1.165) is 41.7 Å². The fourth-order valence-electron chi connectivity index (χ4n) is 3.88. The minimum absolute atomic E-state index is 0.0286. The molecule has 162 valence electrons. The lowest BCUT2D eigenvalue weighted by atomic mass is 10.2. The molecule has 1 aliphatic rings. The third-order valence-corrected chi connectivity index (χ3v) is 7.09. The molecule has 0 saturated carbocycles. The topological polar surface area (TPSA) is 103 Å². The van der Waals surface area contributed by atoms with Gasteiger partial charge in [0.2, 0.25) is 15.0 Å². The Bertz CT molecular complexity index is 1100. The Balaban J connectivity index is 1.54. The molecule has 9 nitrogen and oxygen atoms in total. The molecule has 3 aromatic rings. The Morgan fingerprint density at radius 3 is 2.83 bits per heavy atom. The summed E-state index contributed by atoms with van der Waals surface area (Å²) in [6.07, 6.45) is 4.21. The van der Waals surface area contributed by atoms with Crippen LogP contribution < -0.4 is 0 Å². The maximum atomic E-state index is 12.8. The van der Waals surface area contributed by atoms with Crippen molar-refractivity contribution in [3.05, 3.63) is 35.7 Å². The Kier molecular flexibility index (Phi) is 6.16. The Hall–Kier alpha value is -2.30. The molecule has 0 bridgehead atoms. The molecule has 1 aliphatic heterocycles. The molecule has 1 fully saturated rings. The van der Waals surface area contributed by atoms with Crippen LogP contribution in [0.15, 0.2) is 34.2 Å². The van der Waals surface area contributed by atoms with Gasteiger partial charge in [-0.05, 0) is 54.3 Å². The molecule has 0 N–H and O–H groups in total. The zero-order valence-electron chi connectivity index (χ0n) is 17.3. The minimum Gasteiger partial charge on any atom is -0.376 e. The van der Waals surface area contributed by atoms with Crippen LogP contribution in [-0.2, 0) is 34.2 Å². The van der Waals surface area contributed by atoms with E-state index >= 15 is 0 Å². The van der Waals surface area contributed by atoms with Gasteiger partial charge in [0.25, 0.3) is 0 Å². The number of hydrogen-bond acceptors (Lipinski definition) is 8. The van der Waals surface area contributed by atoms with E-state index in [1.807, 2.05) is 36.7 Å². The van der Waals surface area contributed by atoms with E-state index in [2.05, 4.69) is 20.2 Å². The monoisotopic (exact) mass is 433 g/mol. The molecule has 0 spiro atoms. The number of sulfone groups is 1. The van der Waals surface area contributed by atoms with Crippen LogP contribution in [-0.4, -0.2) is 58.7 Å². The summed E-state index contributed by atoms with van der Waals surface area (Å²) in [5, 5.41) is 7.87. The van der Waals surface area contributed by atoms with Crippen molar-refractivity contribution in [3.8, 4) is 0 Å². The summed E-state index contributed by atoms with van der Waals surface area (Å²) in [6.45, 7) is 4.34. The number of nitrogens with zero attached hydrogens (tertiary/aromatic N) is 5. The van der Waals surface area contributed by atoms with Gasteiger partial charge in [0.1, 0.15) is 11.0 Å². The molecule has 1 aromatic carbocycles. The molecule has 4 rings (SSSR count). The van der Waals surface area contributed by atoms with Gasteiger partial charge in [-0.1, -0.05) is 13.0 Å². The lowest BCUT2D eigenvalue weighted by Crippen LogP contribution is -2.25. The number of rotatable bonds is 9. The summed E-state index contributed by atoms with van der Waals surface area (Å²) in [5.41, 5.74) is 3.38. The average Bonchev–Trinajstić information content (AvgIpc) is 3.44. The van der Waals surface area contributed by atoms with Crippen LogP contribution in [0.1, 0.15) is 37.4 Å². The molecule has 30 heavy (non-hydrogen) atoms. The van der Waals surface area contributed by atoms with Gasteiger partial charge in [-0.2, -0.15) is 0 Å². The molecule has 0 aliphatic carbocycles. The fraction of sp³-hybridized carbons (Fsp3) is 0.550. The Morgan fingerprint density at radius 1 is 1.23 bits per heavy atom. The van der Waals surface area contributed by atoms with Crippen LogP contribution in [0.5, 0.6) is 0 Å². The summed E-state index contributed by atoms with van der Waals surface area (Å²) >= 11 is 0. The highest BCUT2D eigenvalue weighted by molar-refractivity contribution is 7.91. The van der Waals surface area contributed by atoms with E-state index in [0.29, 0.717) is 26.1 Å². The predicted molar refractivity (Wildman–Crippen MR) is 111 cm³/mol. The first-order valence-corrected chi connectivity index (χ1v) is 11.9. The van der Waals surface area contributed by atoms with E-state index < -0.39 is 9.84 Å². The zero-order valence-corrected chi connectivity index (χ0v) is 18.1. The largest absolute Gasteiger partial charge is 0.376 e. The average molecular weight is 434 g/mol. The number of fused-ring (bicyclic) bond motifs is 1. The lowest BCUT2D eigenvalue weighted by Gasteiger charge is -2.20. The van der Waals surface area contributed by atoms with Crippen molar-refractivity contribution in [2.75, 3.05) is 19.4 Å². The summed E-state index contributed by atoms with van der Waals surface area (Å²) < 4.78 is 37.9. The van der Waals surface area contributed by atoms with Crippen LogP contribution >= 0.6 is 0 Å². The number of hydrogen-bond donors (Lipinski definition) is 0. The first-order chi connectivity index (χ1) is 14.5. The smallest absolute Gasteiger partial charge is 0.227 e. The van der Waals surface area contributed by atoms with Crippen molar-refractivity contribution in [1.82, 2.24) is 24.8 Å². The van der Waals surface area contributed by atoms with Crippen LogP contribution in [0.2, 0.25) is 0 Å². The van der Waals surface area contributed by atoms with Crippen LogP contribution in [0.25, 0.3) is 11.0 Å². The second-order valence-corrected chi connectivity index (χ2v) is 9.86. The SMILES string of the molecule is CCCS(=O)(=O)c1ncc(CN(C)Cc2ccc3nonc3c2)n1C[C@@H]1CCCO1. The summed E-state index contributed by atoms with van der Waals surface area (Å²) in [7, 11) is -1.43. The highest BCUT2D eigenvalue weighted by Crippen LogP contribution is 2.21. The third-order valence-electron chi connectivity index (χ3n) is 5.27. The molecule has 1 saturated heterocycles. The van der Waals surface area contributed by atoms with Crippen LogP contribution in [0, 0.1) is 0 Å². The lowest BCUT2D eigenvalue weighted by molar-refractivity contribution is 0.0934. The number of imidazole rings is 1. The first kappa shape index (κ1) is 21.0. The summed E-state index contributed by atoms with van der Waals surface area (Å²) in [4.78, 5) is 6.42. The predicted octanol–water partition coefficient (Wildman–Crippen LogP) is 2.41. The van der Waals surface area contributed by atoms with Gasteiger partial charge in [0.15, 0.2) is 0 Å². The Morgan fingerprint density at radius 2 is 2.07 bits per heavy atom. The van der Waals surface area contributed by atoms with Crippen molar-refractivity contribution in [2.24, 2.45) is 0 Å². The van der Waals surface area contributed by atoms with Crippen LogP contribution in [0.4, 0.5) is 0 Å². The van der Waals surface area contributed by atoms with Gasteiger partial charge in [-0.15, -0.1) is 0 Å². The second-order valence-electron chi connectivity index (χ2n) is 7.86. The normalized spacial score (nSPS) is 17.4. The van der Waals surface area contributed by atoms with Gasteiger partial charge in [0.05, 0.1) is 30.3 Å². The second kappa shape index (κ2) is 8.83. The quantitative estimate of drug-likeness (QED) is 0.507. The maximum Gasteiger partial charge on any atom is 0.227 e. The molecule has 0 unspecified atom stereocenters. The van der Waals surface area contributed by atoms with Crippen LogP contribution in [0.3, 0.4) is 0 Å². The molecular weight excluding hydrogens is 406 g/mol. The molecular formula is C20H27N5O4S.